The second-order valence-corrected chi connectivity index (χ2v) is 5.52. The average molecular weight is 269 g/mol. The van der Waals surface area contributed by atoms with E-state index in [1.165, 1.54) is 0 Å². The van der Waals surface area contributed by atoms with Crippen molar-refractivity contribution in [3.05, 3.63) is 0 Å². The van der Waals surface area contributed by atoms with Gasteiger partial charge in [-0.1, -0.05) is 6.92 Å². The highest BCUT2D eigenvalue weighted by molar-refractivity contribution is 5.85. The number of carbonyl (C=O) groups excluding carboxylic acids is 1. The highest BCUT2D eigenvalue weighted by Crippen LogP contribution is 2.24. The predicted octanol–water partition coefficient (Wildman–Crippen LogP) is -0.397. The third-order valence-corrected chi connectivity index (χ3v) is 4.07. The number of amides is 1. The molecule has 0 spiro atoms. The third kappa shape index (κ3) is 3.45. The maximum Gasteiger partial charge on any atom is 0.326 e. The largest absolute Gasteiger partial charge is 0.480 e. The standard InChI is InChI=1S/C13H23N3O3/c1-10-3-7-16(12(10)13(18)19)11(17)9-15-6-2-4-14-5-8-15/h10,12,14H,2-9H2,1H3,(H,18,19). The molecule has 0 saturated carbocycles. The van der Waals surface area contributed by atoms with Gasteiger partial charge in [-0.25, -0.2) is 4.79 Å². The summed E-state index contributed by atoms with van der Waals surface area (Å²) in [5.74, 6) is -0.873. The molecule has 2 unspecified atom stereocenters. The van der Waals surface area contributed by atoms with Crippen LogP contribution in [-0.4, -0.2) is 72.1 Å². The maximum atomic E-state index is 12.3. The number of hydrogen-bond acceptors (Lipinski definition) is 4. The lowest BCUT2D eigenvalue weighted by Gasteiger charge is -2.27. The summed E-state index contributed by atoms with van der Waals surface area (Å²) in [6, 6.07) is -0.641. The molecule has 0 aromatic rings. The molecule has 2 N–H and O–H groups in total. The van der Waals surface area contributed by atoms with Gasteiger partial charge in [0.05, 0.1) is 6.54 Å². The van der Waals surface area contributed by atoms with Crippen LogP contribution in [0.25, 0.3) is 0 Å². The lowest BCUT2D eigenvalue weighted by molar-refractivity contribution is -0.149. The topological polar surface area (TPSA) is 72.9 Å². The number of nitrogens with zero attached hydrogens (tertiary/aromatic N) is 2. The summed E-state index contributed by atoms with van der Waals surface area (Å²) in [4.78, 5) is 27.2. The van der Waals surface area contributed by atoms with Gasteiger partial charge < -0.3 is 15.3 Å². The Kier molecular flexibility index (Phi) is 4.76. The maximum absolute atomic E-state index is 12.3. The Balaban J connectivity index is 1.93. The summed E-state index contributed by atoms with van der Waals surface area (Å²) < 4.78 is 0. The van der Waals surface area contributed by atoms with Crippen LogP contribution < -0.4 is 5.32 Å². The van der Waals surface area contributed by atoms with Gasteiger partial charge in [-0.2, -0.15) is 0 Å². The molecule has 1 amide bonds. The van der Waals surface area contributed by atoms with E-state index in [1.54, 1.807) is 4.90 Å². The minimum absolute atomic E-state index is 0.0429. The highest BCUT2D eigenvalue weighted by atomic mass is 16.4. The number of hydrogen-bond donors (Lipinski definition) is 2. The van der Waals surface area contributed by atoms with Crippen LogP contribution in [0.15, 0.2) is 0 Å². The Morgan fingerprint density at radius 3 is 2.79 bits per heavy atom. The van der Waals surface area contributed by atoms with Crippen molar-refractivity contribution in [2.24, 2.45) is 5.92 Å². The summed E-state index contributed by atoms with van der Waals surface area (Å²) in [5, 5.41) is 12.5. The molecule has 19 heavy (non-hydrogen) atoms. The Bertz CT molecular complexity index is 340. The molecule has 0 aromatic heterocycles. The van der Waals surface area contributed by atoms with Gasteiger partial charge in [-0.15, -0.1) is 0 Å². The van der Waals surface area contributed by atoms with Crippen molar-refractivity contribution >= 4 is 11.9 Å². The molecule has 6 heteroatoms. The van der Waals surface area contributed by atoms with Crippen LogP contribution in [-0.2, 0) is 9.59 Å². The molecule has 0 bridgehead atoms. The van der Waals surface area contributed by atoms with Gasteiger partial charge in [-0.05, 0) is 31.8 Å². The molecular formula is C13H23N3O3. The summed E-state index contributed by atoms with van der Waals surface area (Å²) in [6.07, 6.45) is 1.82. The second-order valence-electron chi connectivity index (χ2n) is 5.52. The molecule has 2 aliphatic heterocycles. The van der Waals surface area contributed by atoms with Gasteiger partial charge in [0.15, 0.2) is 0 Å². The number of aliphatic carboxylic acids is 1. The monoisotopic (exact) mass is 269 g/mol. The van der Waals surface area contributed by atoms with Crippen molar-refractivity contribution < 1.29 is 14.7 Å². The minimum Gasteiger partial charge on any atom is -0.480 e. The van der Waals surface area contributed by atoms with E-state index in [2.05, 4.69) is 10.2 Å². The van der Waals surface area contributed by atoms with E-state index in [1.807, 2.05) is 6.92 Å². The Morgan fingerprint density at radius 2 is 2.05 bits per heavy atom. The highest BCUT2D eigenvalue weighted by Gasteiger charge is 2.39. The van der Waals surface area contributed by atoms with Crippen LogP contribution in [0.4, 0.5) is 0 Å². The van der Waals surface area contributed by atoms with Crippen LogP contribution in [0, 0.1) is 5.92 Å². The summed E-state index contributed by atoms with van der Waals surface area (Å²) >= 11 is 0. The number of rotatable bonds is 3. The van der Waals surface area contributed by atoms with Gasteiger partial charge in [-0.3, -0.25) is 9.69 Å². The Morgan fingerprint density at radius 1 is 1.26 bits per heavy atom. The van der Waals surface area contributed by atoms with Crippen molar-refractivity contribution in [3.8, 4) is 0 Å². The Hall–Kier alpha value is -1.14. The van der Waals surface area contributed by atoms with Crippen LogP contribution in [0.5, 0.6) is 0 Å². The first-order valence-electron chi connectivity index (χ1n) is 7.05. The fraction of sp³-hybridized carbons (Fsp3) is 0.846. The number of carboxylic acid groups (broad SMARTS) is 1. The van der Waals surface area contributed by atoms with E-state index in [0.29, 0.717) is 13.1 Å². The molecule has 2 saturated heterocycles. The van der Waals surface area contributed by atoms with Gasteiger partial charge >= 0.3 is 5.97 Å². The van der Waals surface area contributed by atoms with Crippen LogP contribution in [0.2, 0.25) is 0 Å². The number of carboxylic acids is 1. The normalized spacial score (nSPS) is 29.2. The summed E-state index contributed by atoms with van der Waals surface area (Å²) in [5.41, 5.74) is 0. The molecule has 2 heterocycles. The van der Waals surface area contributed by atoms with Gasteiger partial charge in [0.25, 0.3) is 0 Å². The van der Waals surface area contributed by atoms with Crippen molar-refractivity contribution in [2.45, 2.75) is 25.8 Å². The molecule has 2 fully saturated rings. The van der Waals surface area contributed by atoms with Crippen LogP contribution in [0.1, 0.15) is 19.8 Å². The molecule has 2 rings (SSSR count). The SMILES string of the molecule is CC1CCN(C(=O)CN2CCCNCC2)C1C(=O)O. The first kappa shape index (κ1) is 14.3. The fourth-order valence-electron chi connectivity index (χ4n) is 2.95. The molecular weight excluding hydrogens is 246 g/mol. The van der Waals surface area contributed by atoms with E-state index >= 15 is 0 Å². The number of nitrogens with one attached hydrogen (secondary N) is 1. The average Bonchev–Trinajstić information content (AvgIpc) is 2.58. The van der Waals surface area contributed by atoms with Gasteiger partial charge in [0, 0.05) is 19.6 Å². The molecule has 6 nitrogen and oxygen atoms in total. The minimum atomic E-state index is -0.879. The van der Waals surface area contributed by atoms with E-state index in [-0.39, 0.29) is 11.8 Å². The molecule has 0 aliphatic carbocycles. The van der Waals surface area contributed by atoms with Gasteiger partial charge in [0.1, 0.15) is 6.04 Å². The van der Waals surface area contributed by atoms with Crippen molar-refractivity contribution in [1.82, 2.24) is 15.1 Å². The zero-order chi connectivity index (χ0) is 13.8. The second kappa shape index (κ2) is 6.34. The number of likely N-dealkylation sites (tertiary alicyclic amines) is 1. The first-order chi connectivity index (χ1) is 9.09. The van der Waals surface area contributed by atoms with Crippen molar-refractivity contribution in [1.29, 1.82) is 0 Å². The van der Waals surface area contributed by atoms with E-state index in [0.717, 1.165) is 39.0 Å². The third-order valence-electron chi connectivity index (χ3n) is 4.07. The van der Waals surface area contributed by atoms with Crippen LogP contribution in [0.3, 0.4) is 0 Å². The predicted molar refractivity (Wildman–Crippen MR) is 70.8 cm³/mol. The molecule has 0 radical (unpaired) electrons. The smallest absolute Gasteiger partial charge is 0.326 e. The first-order valence-corrected chi connectivity index (χ1v) is 7.05. The van der Waals surface area contributed by atoms with Gasteiger partial charge in [0.2, 0.25) is 5.91 Å². The lowest BCUT2D eigenvalue weighted by Crippen LogP contribution is -2.47. The Labute approximate surface area is 113 Å². The fourth-order valence-corrected chi connectivity index (χ4v) is 2.95. The van der Waals surface area contributed by atoms with E-state index in [4.69, 9.17) is 0 Å². The molecule has 2 atom stereocenters. The van der Waals surface area contributed by atoms with Crippen molar-refractivity contribution in [2.75, 3.05) is 39.3 Å². The molecule has 2 aliphatic rings. The number of carbonyl (C=O) groups is 2. The molecule has 0 aromatic carbocycles. The summed E-state index contributed by atoms with van der Waals surface area (Å²) in [7, 11) is 0. The van der Waals surface area contributed by atoms with Crippen molar-refractivity contribution in [3.63, 3.8) is 0 Å². The zero-order valence-corrected chi connectivity index (χ0v) is 11.5. The van der Waals surface area contributed by atoms with E-state index in [9.17, 15) is 14.7 Å². The van der Waals surface area contributed by atoms with E-state index < -0.39 is 12.0 Å². The summed E-state index contributed by atoms with van der Waals surface area (Å²) in [6.45, 7) is 6.46. The lowest BCUT2D eigenvalue weighted by atomic mass is 10.0. The molecule has 108 valence electrons. The van der Waals surface area contributed by atoms with Crippen LogP contribution >= 0.6 is 0 Å². The quantitative estimate of drug-likeness (QED) is 0.729. The zero-order valence-electron chi connectivity index (χ0n) is 11.5.